The van der Waals surface area contributed by atoms with Gasteiger partial charge in [0, 0.05) is 23.6 Å². The molecule has 2 aromatic rings. The van der Waals surface area contributed by atoms with E-state index in [1.165, 1.54) is 5.56 Å². The second-order valence-electron chi connectivity index (χ2n) is 7.76. The zero-order chi connectivity index (χ0) is 18.4. The predicted octanol–water partition coefficient (Wildman–Crippen LogP) is 2.55. The lowest BCUT2D eigenvalue weighted by atomic mass is 9.71. The fourth-order valence-corrected chi connectivity index (χ4v) is 4.53. The minimum atomic E-state index is -0.00375. The lowest BCUT2D eigenvalue weighted by Gasteiger charge is -2.50. The zero-order valence-corrected chi connectivity index (χ0v) is 16.0. The maximum atomic E-state index is 13.2. The van der Waals surface area contributed by atoms with Gasteiger partial charge < -0.3 is 15.0 Å². The first-order chi connectivity index (χ1) is 12.5. The number of nitrogens with zero attached hydrogens (tertiary/aromatic N) is 2. The SMILES string of the molecule is CCc1ccc2nc(C)cc(C(=O)N[C@H]3[C@H]4CCO[C@H]4[C@@H]3N(C)C)c2c1. The highest BCUT2D eigenvalue weighted by atomic mass is 16.5. The number of aryl methyl sites for hydroxylation is 2. The molecule has 1 aromatic carbocycles. The number of fused-ring (bicyclic) bond motifs is 2. The standard InChI is InChI=1S/C21H27N3O2/c1-5-13-6-7-17-15(11-13)16(10-12(2)22-17)21(25)23-18-14-8-9-26-20(14)19(18)24(3)4/h6-7,10-11,14,18-20H,5,8-9H2,1-4H3,(H,23,25)/t14-,18+,19-,20-/m1/s1. The van der Waals surface area contributed by atoms with Crippen LogP contribution in [0.25, 0.3) is 10.9 Å². The van der Waals surface area contributed by atoms with Gasteiger partial charge in [0.05, 0.1) is 29.3 Å². The van der Waals surface area contributed by atoms with Crippen molar-refractivity contribution < 1.29 is 9.53 Å². The first kappa shape index (κ1) is 17.4. The summed E-state index contributed by atoms with van der Waals surface area (Å²) < 4.78 is 5.86. The summed E-state index contributed by atoms with van der Waals surface area (Å²) in [6.07, 6.45) is 2.21. The van der Waals surface area contributed by atoms with Crippen LogP contribution in [0.1, 0.15) is 35.0 Å². The number of ether oxygens (including phenoxy) is 1. The minimum Gasteiger partial charge on any atom is -0.376 e. The zero-order valence-electron chi connectivity index (χ0n) is 16.0. The van der Waals surface area contributed by atoms with Crippen LogP contribution in [0, 0.1) is 12.8 Å². The third-order valence-corrected chi connectivity index (χ3v) is 5.90. The van der Waals surface area contributed by atoms with E-state index in [0.29, 0.717) is 5.92 Å². The highest BCUT2D eigenvalue weighted by Crippen LogP contribution is 2.41. The van der Waals surface area contributed by atoms with Crippen molar-refractivity contribution in [1.82, 2.24) is 15.2 Å². The number of carbonyl (C=O) groups excluding carboxylic acids is 1. The molecule has 26 heavy (non-hydrogen) atoms. The Morgan fingerprint density at radius 1 is 1.35 bits per heavy atom. The Kier molecular flexibility index (Phi) is 4.45. The normalized spacial score (nSPS) is 27.4. The van der Waals surface area contributed by atoms with E-state index in [1.807, 2.05) is 19.1 Å². The quantitative estimate of drug-likeness (QED) is 0.918. The highest BCUT2D eigenvalue weighted by molar-refractivity contribution is 6.06. The summed E-state index contributed by atoms with van der Waals surface area (Å²) in [5.41, 5.74) is 3.69. The second kappa shape index (κ2) is 6.63. The third-order valence-electron chi connectivity index (χ3n) is 5.90. The number of hydrogen-bond donors (Lipinski definition) is 1. The van der Waals surface area contributed by atoms with E-state index in [1.54, 1.807) is 0 Å². The molecule has 2 fully saturated rings. The van der Waals surface area contributed by atoms with Gasteiger partial charge in [-0.05, 0) is 57.6 Å². The molecule has 5 nitrogen and oxygen atoms in total. The Balaban J connectivity index is 1.66. The average molecular weight is 353 g/mol. The third kappa shape index (κ3) is 2.79. The number of nitrogens with one attached hydrogen (secondary N) is 1. The molecule has 1 aliphatic carbocycles. The van der Waals surface area contributed by atoms with Gasteiger partial charge in [-0.1, -0.05) is 13.0 Å². The van der Waals surface area contributed by atoms with E-state index in [0.717, 1.165) is 41.6 Å². The number of carbonyl (C=O) groups is 1. The summed E-state index contributed by atoms with van der Waals surface area (Å²) in [6.45, 7) is 4.86. The molecule has 1 saturated carbocycles. The Hall–Kier alpha value is -1.98. The van der Waals surface area contributed by atoms with Crippen LogP contribution >= 0.6 is 0 Å². The average Bonchev–Trinajstić information content (AvgIpc) is 3.01. The molecule has 0 unspecified atom stereocenters. The lowest BCUT2D eigenvalue weighted by Crippen LogP contribution is -2.69. The molecule has 1 aromatic heterocycles. The van der Waals surface area contributed by atoms with E-state index in [9.17, 15) is 4.79 Å². The van der Waals surface area contributed by atoms with E-state index in [4.69, 9.17) is 4.74 Å². The first-order valence-corrected chi connectivity index (χ1v) is 9.48. The predicted molar refractivity (Wildman–Crippen MR) is 102 cm³/mol. The van der Waals surface area contributed by atoms with Gasteiger partial charge in [-0.2, -0.15) is 0 Å². The molecule has 5 heteroatoms. The molecular weight excluding hydrogens is 326 g/mol. The topological polar surface area (TPSA) is 54.5 Å². The van der Waals surface area contributed by atoms with Crippen molar-refractivity contribution in [3.63, 3.8) is 0 Å². The molecule has 1 saturated heterocycles. The summed E-state index contributed by atoms with van der Waals surface area (Å²) in [7, 11) is 4.11. The Labute approximate surface area is 154 Å². The van der Waals surface area contributed by atoms with Crippen LogP contribution in [0.2, 0.25) is 0 Å². The van der Waals surface area contributed by atoms with Crippen LogP contribution < -0.4 is 5.32 Å². The first-order valence-electron chi connectivity index (χ1n) is 9.48. The molecule has 4 rings (SSSR count). The van der Waals surface area contributed by atoms with Crippen molar-refractivity contribution in [2.75, 3.05) is 20.7 Å². The summed E-state index contributed by atoms with van der Waals surface area (Å²) in [5, 5.41) is 4.24. The van der Waals surface area contributed by atoms with Crippen molar-refractivity contribution in [1.29, 1.82) is 0 Å². The maximum Gasteiger partial charge on any atom is 0.252 e. The molecule has 2 aliphatic rings. The molecule has 1 amide bonds. The van der Waals surface area contributed by atoms with Gasteiger partial charge in [-0.25, -0.2) is 0 Å². The number of benzene rings is 1. The number of hydrogen-bond acceptors (Lipinski definition) is 4. The molecule has 2 heterocycles. The van der Waals surface area contributed by atoms with Crippen molar-refractivity contribution in [2.45, 2.75) is 44.9 Å². The molecule has 0 spiro atoms. The molecule has 138 valence electrons. The van der Waals surface area contributed by atoms with E-state index < -0.39 is 0 Å². The van der Waals surface area contributed by atoms with E-state index in [-0.39, 0.29) is 24.1 Å². The van der Waals surface area contributed by atoms with Crippen molar-refractivity contribution >= 4 is 16.8 Å². The minimum absolute atomic E-state index is 0.00375. The number of pyridine rings is 1. The van der Waals surface area contributed by atoms with Crippen LogP contribution in [0.5, 0.6) is 0 Å². The fraction of sp³-hybridized carbons (Fsp3) is 0.524. The lowest BCUT2D eigenvalue weighted by molar-refractivity contribution is -0.0664. The number of likely N-dealkylation sites (N-methyl/N-ethyl adjacent to an activating group) is 1. The smallest absolute Gasteiger partial charge is 0.252 e. The fourth-order valence-electron chi connectivity index (χ4n) is 4.53. The van der Waals surface area contributed by atoms with E-state index >= 15 is 0 Å². The van der Waals surface area contributed by atoms with Gasteiger partial charge in [0.2, 0.25) is 0 Å². The van der Waals surface area contributed by atoms with Crippen LogP contribution in [0.15, 0.2) is 24.3 Å². The van der Waals surface area contributed by atoms with Crippen molar-refractivity contribution in [3.05, 3.63) is 41.1 Å². The number of aromatic nitrogens is 1. The second-order valence-corrected chi connectivity index (χ2v) is 7.76. The molecular formula is C21H27N3O2. The summed E-state index contributed by atoms with van der Waals surface area (Å²) in [6, 6.07) is 8.50. The van der Waals surface area contributed by atoms with Crippen molar-refractivity contribution in [2.24, 2.45) is 5.92 Å². The van der Waals surface area contributed by atoms with Crippen molar-refractivity contribution in [3.8, 4) is 0 Å². The monoisotopic (exact) mass is 353 g/mol. The van der Waals surface area contributed by atoms with Gasteiger partial charge in [-0.3, -0.25) is 9.78 Å². The van der Waals surface area contributed by atoms with Crippen LogP contribution in [-0.2, 0) is 11.2 Å². The van der Waals surface area contributed by atoms with Crippen LogP contribution in [0.4, 0.5) is 0 Å². The highest BCUT2D eigenvalue weighted by Gasteiger charge is 2.55. The van der Waals surface area contributed by atoms with Gasteiger partial charge in [0.1, 0.15) is 0 Å². The Morgan fingerprint density at radius 3 is 2.88 bits per heavy atom. The summed E-state index contributed by atoms with van der Waals surface area (Å²) >= 11 is 0. The molecule has 1 aliphatic heterocycles. The largest absolute Gasteiger partial charge is 0.376 e. The Bertz CT molecular complexity index is 849. The van der Waals surface area contributed by atoms with Gasteiger partial charge >= 0.3 is 0 Å². The van der Waals surface area contributed by atoms with Crippen LogP contribution in [0.3, 0.4) is 0 Å². The molecule has 0 bridgehead atoms. The molecule has 0 radical (unpaired) electrons. The number of amides is 1. The molecule has 4 atom stereocenters. The number of rotatable bonds is 4. The van der Waals surface area contributed by atoms with E-state index in [2.05, 4.69) is 48.4 Å². The van der Waals surface area contributed by atoms with Gasteiger partial charge in [-0.15, -0.1) is 0 Å². The summed E-state index contributed by atoms with van der Waals surface area (Å²) in [4.78, 5) is 19.9. The van der Waals surface area contributed by atoms with Gasteiger partial charge in [0.25, 0.3) is 5.91 Å². The van der Waals surface area contributed by atoms with Crippen LogP contribution in [-0.4, -0.2) is 54.7 Å². The van der Waals surface area contributed by atoms with Gasteiger partial charge in [0.15, 0.2) is 0 Å². The maximum absolute atomic E-state index is 13.2. The molecule has 1 N–H and O–H groups in total. The Morgan fingerprint density at radius 2 is 2.15 bits per heavy atom. The summed E-state index contributed by atoms with van der Waals surface area (Å²) in [5.74, 6) is 0.419.